The summed E-state index contributed by atoms with van der Waals surface area (Å²) in [7, 11) is 4.57. The third kappa shape index (κ3) is 4.48. The van der Waals surface area contributed by atoms with Gasteiger partial charge in [0.05, 0.1) is 17.0 Å². The van der Waals surface area contributed by atoms with Crippen molar-refractivity contribution in [1.82, 2.24) is 19.0 Å². The van der Waals surface area contributed by atoms with Crippen LogP contribution >= 0.6 is 0 Å². The first kappa shape index (κ1) is 23.6. The van der Waals surface area contributed by atoms with Gasteiger partial charge in [0.1, 0.15) is 5.65 Å². The number of fused-ring (bicyclic) bond motifs is 1. The highest BCUT2D eigenvalue weighted by Gasteiger charge is 2.21. The second kappa shape index (κ2) is 9.38. The number of nitrogens with zero attached hydrogens (tertiary/aromatic N) is 4. The molecule has 1 N–H and O–H groups in total. The minimum absolute atomic E-state index is 0.187. The van der Waals surface area contributed by atoms with Crippen molar-refractivity contribution in [1.29, 1.82) is 0 Å². The van der Waals surface area contributed by atoms with Crippen molar-refractivity contribution in [2.75, 3.05) is 12.4 Å². The molecule has 0 radical (unpaired) electrons. The predicted octanol–water partition coefficient (Wildman–Crippen LogP) is 2.72. The van der Waals surface area contributed by atoms with Gasteiger partial charge in [-0.25, -0.2) is 9.78 Å². The second-order valence-electron chi connectivity index (χ2n) is 8.34. The fourth-order valence-corrected chi connectivity index (χ4v) is 3.85. The maximum atomic E-state index is 13.2. The summed E-state index contributed by atoms with van der Waals surface area (Å²) in [6.07, 6.45) is 1.36. The Bertz CT molecular complexity index is 1560. The molecular weight excluding hydrogens is 446 g/mol. The Morgan fingerprint density at radius 1 is 0.943 bits per heavy atom. The van der Waals surface area contributed by atoms with Crippen molar-refractivity contribution in [3.05, 3.63) is 104 Å². The summed E-state index contributed by atoms with van der Waals surface area (Å²) in [4.78, 5) is 56.2. The van der Waals surface area contributed by atoms with E-state index < -0.39 is 11.2 Å². The fraction of sp³-hybridized carbons (Fsp3) is 0.192. The molecule has 2 aromatic heterocycles. The molecule has 2 heterocycles. The Kier molecular flexibility index (Phi) is 6.33. The molecule has 0 aliphatic carbocycles. The van der Waals surface area contributed by atoms with E-state index in [1.165, 1.54) is 35.8 Å². The number of hydrogen-bond donors (Lipinski definition) is 1. The smallest absolute Gasteiger partial charge is 0.332 e. The third-order valence-corrected chi connectivity index (χ3v) is 6.10. The van der Waals surface area contributed by atoms with Crippen LogP contribution in [0.5, 0.6) is 0 Å². The SMILES string of the molecule is C[C@@H](c1cccc(NC(=O)c2ccccc2)c1)N(C)C(=O)c1cnc2c(c1)c(=O)n(C)c(=O)n2C. The van der Waals surface area contributed by atoms with Crippen LogP contribution in [0.4, 0.5) is 5.69 Å². The van der Waals surface area contributed by atoms with Crippen molar-refractivity contribution in [2.24, 2.45) is 14.1 Å². The number of carbonyl (C=O) groups is 2. The topological polar surface area (TPSA) is 106 Å². The van der Waals surface area contributed by atoms with Gasteiger partial charge in [-0.1, -0.05) is 30.3 Å². The lowest BCUT2D eigenvalue weighted by molar-refractivity contribution is 0.0742. The molecule has 0 bridgehead atoms. The number of pyridine rings is 1. The summed E-state index contributed by atoms with van der Waals surface area (Å²) in [5, 5.41) is 3.06. The summed E-state index contributed by atoms with van der Waals surface area (Å²) in [6.45, 7) is 1.87. The molecule has 178 valence electrons. The number of aromatic nitrogens is 3. The zero-order chi connectivity index (χ0) is 25.3. The number of benzene rings is 2. The van der Waals surface area contributed by atoms with Crippen molar-refractivity contribution in [2.45, 2.75) is 13.0 Å². The molecule has 0 unspecified atom stereocenters. The Morgan fingerprint density at radius 3 is 2.37 bits per heavy atom. The van der Waals surface area contributed by atoms with Gasteiger partial charge in [0.15, 0.2) is 0 Å². The molecule has 9 heteroatoms. The summed E-state index contributed by atoms with van der Waals surface area (Å²) in [5.41, 5.74) is 1.43. The Morgan fingerprint density at radius 2 is 1.66 bits per heavy atom. The molecule has 0 saturated heterocycles. The zero-order valence-corrected chi connectivity index (χ0v) is 19.9. The largest absolute Gasteiger partial charge is 0.335 e. The molecule has 2 amide bonds. The van der Waals surface area contributed by atoms with Crippen molar-refractivity contribution in [3.8, 4) is 0 Å². The van der Waals surface area contributed by atoms with E-state index in [1.54, 1.807) is 37.4 Å². The van der Waals surface area contributed by atoms with Crippen LogP contribution < -0.4 is 16.6 Å². The number of anilines is 1. The van der Waals surface area contributed by atoms with Crippen LogP contribution in [0.2, 0.25) is 0 Å². The predicted molar refractivity (Wildman–Crippen MR) is 134 cm³/mol. The highest BCUT2D eigenvalue weighted by atomic mass is 16.2. The van der Waals surface area contributed by atoms with Gasteiger partial charge < -0.3 is 10.2 Å². The molecule has 0 spiro atoms. The Labute approximate surface area is 201 Å². The maximum absolute atomic E-state index is 13.2. The van der Waals surface area contributed by atoms with Gasteiger partial charge in [-0.05, 0) is 42.8 Å². The van der Waals surface area contributed by atoms with Gasteiger partial charge in [0.25, 0.3) is 17.4 Å². The van der Waals surface area contributed by atoms with Crippen LogP contribution in [-0.4, -0.2) is 37.9 Å². The van der Waals surface area contributed by atoms with E-state index in [2.05, 4.69) is 10.3 Å². The van der Waals surface area contributed by atoms with Crippen LogP contribution in [0.15, 0.2) is 76.4 Å². The van der Waals surface area contributed by atoms with Gasteiger partial charge in [-0.3, -0.25) is 23.5 Å². The van der Waals surface area contributed by atoms with Crippen LogP contribution in [0.3, 0.4) is 0 Å². The van der Waals surface area contributed by atoms with Crippen molar-refractivity contribution >= 4 is 28.5 Å². The molecule has 35 heavy (non-hydrogen) atoms. The quantitative estimate of drug-likeness (QED) is 0.482. The van der Waals surface area contributed by atoms with Crippen LogP contribution in [0.25, 0.3) is 11.0 Å². The summed E-state index contributed by atoms with van der Waals surface area (Å²) in [5.74, 6) is -0.556. The molecule has 4 aromatic rings. The number of carbonyl (C=O) groups excluding carboxylic acids is 2. The van der Waals surface area contributed by atoms with Gasteiger partial charge in [-0.15, -0.1) is 0 Å². The number of rotatable bonds is 5. The van der Waals surface area contributed by atoms with E-state index in [4.69, 9.17) is 0 Å². The minimum atomic E-state index is -0.511. The first-order valence-electron chi connectivity index (χ1n) is 11.0. The van der Waals surface area contributed by atoms with Crippen LogP contribution in [0, 0.1) is 0 Å². The van der Waals surface area contributed by atoms with Gasteiger partial charge in [0.2, 0.25) is 0 Å². The number of amides is 2. The van der Waals surface area contributed by atoms with Crippen LogP contribution in [-0.2, 0) is 14.1 Å². The average Bonchev–Trinajstić information content (AvgIpc) is 2.89. The lowest BCUT2D eigenvalue weighted by atomic mass is 10.1. The molecule has 0 aliphatic heterocycles. The summed E-state index contributed by atoms with van der Waals surface area (Å²) in [6, 6.07) is 17.3. The lowest BCUT2D eigenvalue weighted by Gasteiger charge is -2.26. The zero-order valence-electron chi connectivity index (χ0n) is 19.9. The number of nitrogens with one attached hydrogen (secondary N) is 1. The Balaban J connectivity index is 1.58. The first-order chi connectivity index (χ1) is 16.7. The fourth-order valence-electron chi connectivity index (χ4n) is 3.85. The molecular formula is C26H25N5O4. The minimum Gasteiger partial charge on any atom is -0.335 e. The van der Waals surface area contributed by atoms with Gasteiger partial charge >= 0.3 is 5.69 Å². The van der Waals surface area contributed by atoms with E-state index in [1.807, 2.05) is 31.2 Å². The summed E-state index contributed by atoms with van der Waals surface area (Å²) < 4.78 is 2.26. The molecule has 1 atom stereocenters. The van der Waals surface area contributed by atoms with Gasteiger partial charge in [-0.2, -0.15) is 0 Å². The first-order valence-corrected chi connectivity index (χ1v) is 11.0. The molecule has 0 aliphatic rings. The van der Waals surface area contributed by atoms with Gasteiger partial charge in [0, 0.05) is 38.6 Å². The van der Waals surface area contributed by atoms with Crippen molar-refractivity contribution in [3.63, 3.8) is 0 Å². The van der Waals surface area contributed by atoms with E-state index in [0.29, 0.717) is 11.3 Å². The average molecular weight is 472 g/mol. The standard InChI is InChI=1S/C26H25N5O4/c1-16(18-11-8-12-20(13-18)28-23(32)17-9-6-5-7-10-17)29(2)24(33)19-14-21-22(27-15-19)30(3)26(35)31(4)25(21)34/h5-16H,1-4H3,(H,28,32)/t16-/m0/s1. The molecule has 0 saturated carbocycles. The highest BCUT2D eigenvalue weighted by Crippen LogP contribution is 2.24. The molecule has 9 nitrogen and oxygen atoms in total. The summed E-state index contributed by atoms with van der Waals surface area (Å²) >= 11 is 0. The van der Waals surface area contributed by atoms with E-state index >= 15 is 0 Å². The third-order valence-electron chi connectivity index (χ3n) is 6.10. The Hall–Kier alpha value is -4.53. The number of hydrogen-bond acceptors (Lipinski definition) is 5. The number of aryl methyl sites for hydroxylation is 1. The van der Waals surface area contributed by atoms with Crippen molar-refractivity contribution < 1.29 is 9.59 Å². The highest BCUT2D eigenvalue weighted by molar-refractivity contribution is 6.04. The molecule has 4 rings (SSSR count). The monoisotopic (exact) mass is 471 g/mol. The second-order valence-corrected chi connectivity index (χ2v) is 8.34. The van der Waals surface area contributed by atoms with E-state index in [9.17, 15) is 19.2 Å². The van der Waals surface area contributed by atoms with E-state index in [0.717, 1.165) is 10.1 Å². The molecule has 2 aromatic carbocycles. The molecule has 0 fully saturated rings. The normalized spacial score (nSPS) is 11.8. The maximum Gasteiger partial charge on any atom is 0.332 e. The van der Waals surface area contributed by atoms with E-state index in [-0.39, 0.29) is 34.5 Å². The van der Waals surface area contributed by atoms with Crippen LogP contribution in [0.1, 0.15) is 39.2 Å². The lowest BCUT2D eigenvalue weighted by Crippen LogP contribution is -2.37.